The molecule has 0 aliphatic rings. The van der Waals surface area contributed by atoms with E-state index in [1.807, 2.05) is 43.3 Å². The molecule has 0 radical (unpaired) electrons. The zero-order valence-corrected chi connectivity index (χ0v) is 28.7. The molecule has 0 saturated heterocycles. The minimum absolute atomic E-state index is 0.108. The molecule has 2 rings (SSSR count). The van der Waals surface area contributed by atoms with Crippen LogP contribution in [0.25, 0.3) is 0 Å². The van der Waals surface area contributed by atoms with E-state index in [2.05, 4.69) is 10.6 Å². The number of rotatable bonds is 14. The van der Waals surface area contributed by atoms with Gasteiger partial charge in [-0.15, -0.1) is 0 Å². The molecule has 258 valence electrons. The predicted octanol–water partition coefficient (Wildman–Crippen LogP) is 3.39. The van der Waals surface area contributed by atoms with Gasteiger partial charge >= 0.3 is 12.1 Å². The third-order valence-electron chi connectivity index (χ3n) is 6.87. The van der Waals surface area contributed by atoms with Crippen LogP contribution in [-0.4, -0.2) is 76.2 Å². The van der Waals surface area contributed by atoms with E-state index in [4.69, 9.17) is 15.2 Å². The van der Waals surface area contributed by atoms with Crippen molar-refractivity contribution in [3.63, 3.8) is 0 Å². The van der Waals surface area contributed by atoms with E-state index in [1.54, 1.807) is 60.6 Å². The number of hydrogen-bond donors (Lipinski definition) is 4. The summed E-state index contributed by atoms with van der Waals surface area (Å²) in [4.78, 5) is 67.8. The Kier molecular flexibility index (Phi) is 13.9. The Labute approximate surface area is 277 Å². The molecule has 0 fully saturated rings. The summed E-state index contributed by atoms with van der Waals surface area (Å²) in [7, 11) is 0. The number of nitrogens with two attached hydrogens (primary N) is 1. The van der Waals surface area contributed by atoms with E-state index in [0.29, 0.717) is 11.1 Å². The largest absolute Gasteiger partial charge is 0.458 e. The number of benzene rings is 2. The summed E-state index contributed by atoms with van der Waals surface area (Å²) < 4.78 is 11.0. The number of amides is 4. The molecule has 3 atom stereocenters. The zero-order valence-electron chi connectivity index (χ0n) is 28.7. The Bertz CT molecular complexity index is 1400. The second kappa shape index (κ2) is 16.9. The molecule has 5 N–H and O–H groups in total. The molecule has 0 aromatic heterocycles. The average molecular weight is 655 g/mol. The Balaban J connectivity index is 2.64. The van der Waals surface area contributed by atoms with Gasteiger partial charge in [-0.2, -0.15) is 0 Å². The van der Waals surface area contributed by atoms with Crippen LogP contribution in [0.4, 0.5) is 4.79 Å². The predicted molar refractivity (Wildman–Crippen MR) is 177 cm³/mol. The lowest BCUT2D eigenvalue weighted by Gasteiger charge is -2.35. The van der Waals surface area contributed by atoms with Crippen molar-refractivity contribution in [2.24, 2.45) is 5.73 Å². The van der Waals surface area contributed by atoms with Gasteiger partial charge in [0, 0.05) is 19.4 Å². The number of aryl methyl sites for hydroxylation is 2. The summed E-state index contributed by atoms with van der Waals surface area (Å²) in [6, 6.07) is 10.7. The standard InChI is InChI=1S/C35H50N4O8/c1-22-14-15-23(2)25(20-22)29(30(42)37-27(32(44)46-34(3,4)5)21-24-12-10-9-11-13-24)39(18-19-40)31(43)26(16-17-28(36)41)38-33(45)47-35(6,7)8/h9-15,20,26-27,29,40H,16-19,21H2,1-8H3,(H2,36,41)(H,37,42)(H,38,45). The van der Waals surface area contributed by atoms with Crippen molar-refractivity contribution in [2.75, 3.05) is 13.2 Å². The molecule has 0 heterocycles. The molecule has 2 aromatic carbocycles. The van der Waals surface area contributed by atoms with Crippen molar-refractivity contribution in [3.05, 3.63) is 70.8 Å². The van der Waals surface area contributed by atoms with Crippen LogP contribution < -0.4 is 16.4 Å². The molecule has 12 heteroatoms. The number of carbonyl (C=O) groups excluding carboxylic acids is 5. The molecule has 12 nitrogen and oxygen atoms in total. The number of aliphatic hydroxyl groups is 1. The molecule has 3 unspecified atom stereocenters. The van der Waals surface area contributed by atoms with E-state index >= 15 is 0 Å². The van der Waals surface area contributed by atoms with Gasteiger partial charge in [-0.3, -0.25) is 14.4 Å². The lowest BCUT2D eigenvalue weighted by Crippen LogP contribution is -2.55. The number of primary amides is 1. The van der Waals surface area contributed by atoms with Crippen molar-refractivity contribution in [1.29, 1.82) is 0 Å². The summed E-state index contributed by atoms with van der Waals surface area (Å²) >= 11 is 0. The van der Waals surface area contributed by atoms with Crippen LogP contribution in [0, 0.1) is 13.8 Å². The number of nitrogens with zero attached hydrogens (tertiary/aromatic N) is 1. The molecule has 0 aliphatic carbocycles. The van der Waals surface area contributed by atoms with Gasteiger partial charge in [0.2, 0.25) is 17.7 Å². The van der Waals surface area contributed by atoms with Crippen LogP contribution in [0.2, 0.25) is 0 Å². The minimum Gasteiger partial charge on any atom is -0.458 e. The van der Waals surface area contributed by atoms with Crippen LogP contribution in [0.3, 0.4) is 0 Å². The second-order valence-electron chi connectivity index (χ2n) is 13.5. The fraction of sp³-hybridized carbons (Fsp3) is 0.514. The lowest BCUT2D eigenvalue weighted by molar-refractivity contribution is -0.159. The normalized spacial score (nSPS) is 13.5. The Morgan fingerprint density at radius 3 is 2.04 bits per heavy atom. The van der Waals surface area contributed by atoms with Gasteiger partial charge in [-0.25, -0.2) is 9.59 Å². The molecule has 0 saturated carbocycles. The SMILES string of the molecule is Cc1ccc(C)c(C(C(=O)NC(Cc2ccccc2)C(=O)OC(C)(C)C)N(CCO)C(=O)C(CCC(N)=O)NC(=O)OC(C)(C)C)c1. The second-order valence-corrected chi connectivity index (χ2v) is 13.5. The Morgan fingerprint density at radius 2 is 1.49 bits per heavy atom. The van der Waals surface area contributed by atoms with Gasteiger partial charge in [-0.1, -0.05) is 54.1 Å². The third-order valence-corrected chi connectivity index (χ3v) is 6.87. The first kappa shape index (κ1) is 38.7. The number of carbonyl (C=O) groups is 5. The number of hydrogen-bond acceptors (Lipinski definition) is 8. The highest BCUT2D eigenvalue weighted by Crippen LogP contribution is 2.28. The van der Waals surface area contributed by atoms with Crippen molar-refractivity contribution in [1.82, 2.24) is 15.5 Å². The van der Waals surface area contributed by atoms with E-state index < -0.39 is 65.7 Å². The molecule has 2 aromatic rings. The smallest absolute Gasteiger partial charge is 0.408 e. The van der Waals surface area contributed by atoms with Crippen LogP contribution >= 0.6 is 0 Å². The number of esters is 1. The third kappa shape index (κ3) is 13.1. The highest BCUT2D eigenvalue weighted by atomic mass is 16.6. The molecular formula is C35H50N4O8. The number of alkyl carbamates (subject to hydrolysis) is 1. The van der Waals surface area contributed by atoms with E-state index in [0.717, 1.165) is 16.0 Å². The van der Waals surface area contributed by atoms with E-state index in [1.165, 1.54) is 0 Å². The van der Waals surface area contributed by atoms with Gasteiger partial charge < -0.3 is 35.8 Å². The van der Waals surface area contributed by atoms with Gasteiger partial charge in [-0.05, 0) is 78.5 Å². The van der Waals surface area contributed by atoms with E-state index in [-0.39, 0.29) is 25.8 Å². The summed E-state index contributed by atoms with van der Waals surface area (Å²) in [5, 5.41) is 15.4. The fourth-order valence-electron chi connectivity index (χ4n) is 4.84. The number of ether oxygens (including phenoxy) is 2. The van der Waals surface area contributed by atoms with Crippen LogP contribution in [-0.2, 0) is 35.1 Å². The monoisotopic (exact) mass is 654 g/mol. The maximum Gasteiger partial charge on any atom is 0.408 e. The summed E-state index contributed by atoms with van der Waals surface area (Å²) in [6.45, 7) is 12.9. The van der Waals surface area contributed by atoms with Crippen LogP contribution in [0.5, 0.6) is 0 Å². The summed E-state index contributed by atoms with van der Waals surface area (Å²) in [6.07, 6.45) is -1.25. The molecule has 0 aliphatic heterocycles. The molecule has 0 bridgehead atoms. The van der Waals surface area contributed by atoms with Crippen molar-refractivity contribution in [3.8, 4) is 0 Å². The van der Waals surface area contributed by atoms with Crippen LogP contribution in [0.1, 0.15) is 82.7 Å². The number of aliphatic hydroxyl groups excluding tert-OH is 1. The topological polar surface area (TPSA) is 177 Å². The Hall–Kier alpha value is -4.45. The van der Waals surface area contributed by atoms with Crippen molar-refractivity contribution < 1.29 is 38.6 Å². The van der Waals surface area contributed by atoms with Gasteiger partial charge in [0.1, 0.15) is 29.3 Å². The quantitative estimate of drug-likeness (QED) is 0.224. The maximum atomic E-state index is 14.4. The highest BCUT2D eigenvalue weighted by molar-refractivity contribution is 5.94. The summed E-state index contributed by atoms with van der Waals surface area (Å²) in [5.74, 6) is -2.84. The van der Waals surface area contributed by atoms with E-state index in [9.17, 15) is 29.1 Å². The molecular weight excluding hydrogens is 604 g/mol. The minimum atomic E-state index is -1.35. The number of nitrogens with one attached hydrogen (secondary N) is 2. The average Bonchev–Trinajstić information content (AvgIpc) is 2.94. The molecule has 4 amide bonds. The lowest BCUT2D eigenvalue weighted by atomic mass is 9.95. The first-order valence-electron chi connectivity index (χ1n) is 15.6. The zero-order chi connectivity index (χ0) is 35.5. The first-order valence-corrected chi connectivity index (χ1v) is 15.6. The van der Waals surface area contributed by atoms with Crippen molar-refractivity contribution >= 4 is 29.8 Å². The van der Waals surface area contributed by atoms with Gasteiger partial charge in [0.05, 0.1) is 6.61 Å². The van der Waals surface area contributed by atoms with Gasteiger partial charge in [0.25, 0.3) is 0 Å². The fourth-order valence-corrected chi connectivity index (χ4v) is 4.84. The maximum absolute atomic E-state index is 14.4. The molecule has 47 heavy (non-hydrogen) atoms. The van der Waals surface area contributed by atoms with Gasteiger partial charge in [0.15, 0.2) is 0 Å². The molecule has 0 spiro atoms. The van der Waals surface area contributed by atoms with Crippen molar-refractivity contribution in [2.45, 2.75) is 104 Å². The van der Waals surface area contributed by atoms with Crippen LogP contribution in [0.15, 0.2) is 48.5 Å². The Morgan fingerprint density at radius 1 is 0.872 bits per heavy atom. The highest BCUT2D eigenvalue weighted by Gasteiger charge is 2.39. The first-order chi connectivity index (χ1) is 21.8. The summed E-state index contributed by atoms with van der Waals surface area (Å²) in [5.41, 5.74) is 6.32.